The molecule has 3 aliphatic heterocycles. The molecule has 2 aromatic carbocycles. The Balaban J connectivity index is 1.40. The highest BCUT2D eigenvalue weighted by atomic mass is 35.5. The maximum absolute atomic E-state index is 14.0. The molecule has 0 saturated heterocycles. The Morgan fingerprint density at radius 3 is 2.89 bits per heavy atom. The molecule has 7 rings (SSSR count). The van der Waals surface area contributed by atoms with Crippen LogP contribution in [0.5, 0.6) is 0 Å². The van der Waals surface area contributed by atoms with Crippen molar-refractivity contribution >= 4 is 28.8 Å². The van der Waals surface area contributed by atoms with E-state index in [2.05, 4.69) is 59.1 Å². The number of hydrogen-bond acceptors (Lipinski definition) is 3. The maximum atomic E-state index is 14.0. The van der Waals surface area contributed by atoms with Crippen LogP contribution >= 0.6 is 23.2 Å². The summed E-state index contributed by atoms with van der Waals surface area (Å²) < 4.78 is 16.2. The van der Waals surface area contributed by atoms with E-state index in [-0.39, 0.29) is 17.3 Å². The quantitative estimate of drug-likeness (QED) is 0.383. The number of para-hydroxylation sites is 1. The smallest absolute Gasteiger partial charge is 0.123 e. The topological polar surface area (TPSA) is 33.1 Å². The minimum Gasteiger partial charge on any atom is -0.377 e. The molecule has 0 radical (unpaired) electrons. The van der Waals surface area contributed by atoms with Gasteiger partial charge in [-0.05, 0) is 48.2 Å². The summed E-state index contributed by atoms with van der Waals surface area (Å²) in [6.07, 6.45) is 8.24. The van der Waals surface area contributed by atoms with Crippen LogP contribution in [0.15, 0.2) is 65.4 Å². The first kappa shape index (κ1) is 23.3. The van der Waals surface area contributed by atoms with E-state index in [0.29, 0.717) is 11.6 Å². The highest BCUT2D eigenvalue weighted by Gasteiger charge is 2.45. The number of rotatable bonds is 3. The summed E-state index contributed by atoms with van der Waals surface area (Å²) in [5.74, 6) is -0.204. The van der Waals surface area contributed by atoms with Crippen molar-refractivity contribution in [2.24, 2.45) is 0 Å². The minimum absolute atomic E-state index is 0.0543. The predicted molar refractivity (Wildman–Crippen MR) is 146 cm³/mol. The molecule has 0 saturated carbocycles. The zero-order valence-electron chi connectivity index (χ0n) is 20.8. The molecular formula is C30H27Cl2FN4. The van der Waals surface area contributed by atoms with Gasteiger partial charge in [0.2, 0.25) is 0 Å². The van der Waals surface area contributed by atoms with Gasteiger partial charge in [0, 0.05) is 59.9 Å². The van der Waals surface area contributed by atoms with Crippen LogP contribution in [0.4, 0.5) is 4.39 Å². The highest BCUT2D eigenvalue weighted by Crippen LogP contribution is 2.54. The highest BCUT2D eigenvalue weighted by molar-refractivity contribution is 6.33. The van der Waals surface area contributed by atoms with Gasteiger partial charge in [0.1, 0.15) is 5.82 Å². The molecule has 0 fully saturated rings. The van der Waals surface area contributed by atoms with E-state index in [1.807, 2.05) is 6.20 Å². The number of nitrogens with one attached hydrogen (secondary N) is 1. The Morgan fingerprint density at radius 1 is 1.19 bits per heavy atom. The van der Waals surface area contributed by atoms with Crippen molar-refractivity contribution in [1.82, 2.24) is 20.0 Å². The van der Waals surface area contributed by atoms with E-state index < -0.39 is 0 Å². The lowest BCUT2D eigenvalue weighted by atomic mass is 9.72. The second kappa shape index (κ2) is 8.32. The average molecular weight is 533 g/mol. The van der Waals surface area contributed by atoms with Crippen molar-refractivity contribution in [1.29, 1.82) is 0 Å². The number of nitrogens with zero attached hydrogens (tertiary/aromatic N) is 3. The number of aromatic nitrogens is 2. The number of allylic oxidation sites excluding steroid dienone is 2. The van der Waals surface area contributed by atoms with Crippen LogP contribution in [-0.4, -0.2) is 26.8 Å². The van der Waals surface area contributed by atoms with Crippen LogP contribution < -0.4 is 5.32 Å². The van der Waals surface area contributed by atoms with Gasteiger partial charge < -0.3 is 5.32 Å². The summed E-state index contributed by atoms with van der Waals surface area (Å²) in [6.45, 7) is 6.57. The Hall–Kier alpha value is -2.86. The molecular weight excluding hydrogens is 506 g/mol. The van der Waals surface area contributed by atoms with E-state index in [4.69, 9.17) is 28.3 Å². The molecule has 3 aromatic rings. The average Bonchev–Trinajstić information content (AvgIpc) is 3.42. The van der Waals surface area contributed by atoms with E-state index in [9.17, 15) is 4.39 Å². The third-order valence-corrected chi connectivity index (χ3v) is 8.98. The van der Waals surface area contributed by atoms with Gasteiger partial charge in [-0.2, -0.15) is 5.10 Å². The monoisotopic (exact) mass is 532 g/mol. The maximum Gasteiger partial charge on any atom is 0.123 e. The van der Waals surface area contributed by atoms with Crippen LogP contribution in [0.2, 0.25) is 5.02 Å². The summed E-state index contributed by atoms with van der Waals surface area (Å²) >= 11 is 13.3. The molecule has 0 spiro atoms. The number of aryl methyl sites for hydroxylation is 1. The Morgan fingerprint density at radius 2 is 2.05 bits per heavy atom. The molecule has 2 atom stereocenters. The van der Waals surface area contributed by atoms with Gasteiger partial charge in [-0.1, -0.05) is 60.5 Å². The Labute approximate surface area is 226 Å². The van der Waals surface area contributed by atoms with Gasteiger partial charge in [0.15, 0.2) is 0 Å². The zero-order chi connectivity index (χ0) is 25.5. The number of benzene rings is 2. The summed E-state index contributed by atoms with van der Waals surface area (Å²) in [7, 11) is 0. The molecule has 1 N–H and O–H groups in total. The van der Waals surface area contributed by atoms with Crippen molar-refractivity contribution in [3.63, 3.8) is 0 Å². The number of hydrogen-bond donors (Lipinski definition) is 1. The molecule has 37 heavy (non-hydrogen) atoms. The fourth-order valence-corrected chi connectivity index (χ4v) is 7.07. The Bertz CT molecular complexity index is 1570. The van der Waals surface area contributed by atoms with Gasteiger partial charge in [0.05, 0.1) is 27.6 Å². The van der Waals surface area contributed by atoms with Gasteiger partial charge in [-0.15, -0.1) is 0 Å². The van der Waals surface area contributed by atoms with Crippen molar-refractivity contribution in [3.05, 3.63) is 110 Å². The summed E-state index contributed by atoms with van der Waals surface area (Å²) in [5.41, 5.74) is 10.2. The molecule has 7 heteroatoms. The van der Waals surface area contributed by atoms with Crippen LogP contribution in [0, 0.1) is 5.82 Å². The first-order chi connectivity index (χ1) is 17.9. The van der Waals surface area contributed by atoms with Gasteiger partial charge in [-0.3, -0.25) is 4.90 Å². The summed E-state index contributed by atoms with van der Waals surface area (Å²) in [6, 6.07) is 11.2. The van der Waals surface area contributed by atoms with Gasteiger partial charge in [0.25, 0.3) is 0 Å². The molecule has 1 aromatic heterocycles. The molecule has 2 unspecified atom stereocenters. The lowest BCUT2D eigenvalue weighted by molar-refractivity contribution is 0.243. The van der Waals surface area contributed by atoms with Crippen molar-refractivity contribution < 1.29 is 4.39 Å². The van der Waals surface area contributed by atoms with Crippen molar-refractivity contribution in [2.45, 2.75) is 51.2 Å². The molecule has 0 bridgehead atoms. The van der Waals surface area contributed by atoms with Crippen LogP contribution in [-0.2, 0) is 25.9 Å². The lowest BCUT2D eigenvalue weighted by Gasteiger charge is -2.38. The van der Waals surface area contributed by atoms with E-state index in [1.165, 1.54) is 39.7 Å². The molecule has 4 heterocycles. The molecule has 188 valence electrons. The van der Waals surface area contributed by atoms with Crippen LogP contribution in [0.3, 0.4) is 0 Å². The second-order valence-electron chi connectivity index (χ2n) is 10.5. The molecule has 4 aliphatic rings. The molecule has 4 nitrogen and oxygen atoms in total. The fourth-order valence-electron chi connectivity index (χ4n) is 6.54. The third kappa shape index (κ3) is 3.41. The molecule has 0 amide bonds. The third-order valence-electron chi connectivity index (χ3n) is 8.31. The van der Waals surface area contributed by atoms with Crippen LogP contribution in [0.25, 0.3) is 11.3 Å². The van der Waals surface area contributed by atoms with E-state index in [1.54, 1.807) is 12.1 Å². The van der Waals surface area contributed by atoms with Gasteiger partial charge >= 0.3 is 0 Å². The number of halogens is 3. The minimum atomic E-state index is -0.329. The fraction of sp³-hybridized carbons (Fsp3) is 0.300. The first-order valence-corrected chi connectivity index (χ1v) is 13.6. The zero-order valence-corrected chi connectivity index (χ0v) is 22.3. The number of fused-ring (bicyclic) bond motifs is 9. The van der Waals surface area contributed by atoms with E-state index in [0.717, 1.165) is 47.8 Å². The van der Waals surface area contributed by atoms with Crippen molar-refractivity contribution in [3.8, 4) is 5.69 Å². The first-order valence-electron chi connectivity index (χ1n) is 12.8. The van der Waals surface area contributed by atoms with Crippen molar-refractivity contribution in [2.75, 3.05) is 6.54 Å². The predicted octanol–water partition coefficient (Wildman–Crippen LogP) is 6.65. The summed E-state index contributed by atoms with van der Waals surface area (Å²) in [5, 5.41) is 10.1. The standard InChI is InChI=1S/C30H27Cl2FN4/c1-3-17-5-4-6-20-26-21(9-11-30(2)27(26)24(32)14-34-30)29-22-16-36(12-10-25(22)35-37(29)28(17)20)15-18-13-19(33)7-8-23(18)31/h4-9,11,13-14,21,34H,3,10,12,15-16H2,1-2H3. The SMILES string of the molecule is CCc1cccc2c1-n1nc3c(c1C1C=CC4(C)NC=C(Cl)C4=C21)CN(Cc1cc(F)ccc1Cl)CC3. The largest absolute Gasteiger partial charge is 0.377 e. The van der Waals surface area contributed by atoms with E-state index >= 15 is 0 Å². The van der Waals surface area contributed by atoms with Gasteiger partial charge in [-0.25, -0.2) is 9.07 Å². The molecule has 1 aliphatic carbocycles. The second-order valence-corrected chi connectivity index (χ2v) is 11.4. The summed E-state index contributed by atoms with van der Waals surface area (Å²) in [4.78, 5) is 2.35. The van der Waals surface area contributed by atoms with Crippen LogP contribution in [0.1, 0.15) is 53.4 Å². The lowest BCUT2D eigenvalue weighted by Crippen LogP contribution is -2.38. The Kier molecular flexibility index (Phi) is 5.23. The normalized spacial score (nSPS) is 23.6.